The Hall–Kier alpha value is -2.42. The second-order valence-electron chi connectivity index (χ2n) is 4.46. The summed E-state index contributed by atoms with van der Waals surface area (Å²) in [5.41, 5.74) is 0.810. The third kappa shape index (κ3) is 1.83. The molecular weight excluding hydrogens is 241 g/mol. The van der Waals surface area contributed by atoms with E-state index in [1.165, 1.54) is 10.6 Å². The van der Waals surface area contributed by atoms with Crippen LogP contribution in [0.15, 0.2) is 59.4 Å². The van der Waals surface area contributed by atoms with Gasteiger partial charge in [-0.1, -0.05) is 30.3 Å². The average Bonchev–Trinajstić information content (AvgIpc) is 2.41. The third-order valence-electron chi connectivity index (χ3n) is 3.20. The van der Waals surface area contributed by atoms with Crippen molar-refractivity contribution in [3.05, 3.63) is 76.5 Å². The molecule has 0 N–H and O–H groups in total. The van der Waals surface area contributed by atoms with Crippen LogP contribution in [0.1, 0.15) is 5.69 Å². The van der Waals surface area contributed by atoms with E-state index < -0.39 is 5.82 Å². The molecule has 0 unspecified atom stereocenters. The predicted molar refractivity (Wildman–Crippen MR) is 74.2 cm³/mol. The first kappa shape index (κ1) is 11.7. The molecule has 0 bridgehead atoms. The fourth-order valence-electron chi connectivity index (χ4n) is 2.32. The molecule has 2 aromatic carbocycles. The Morgan fingerprint density at radius 2 is 1.68 bits per heavy atom. The zero-order valence-electron chi connectivity index (χ0n) is 10.4. The summed E-state index contributed by atoms with van der Waals surface area (Å²) in [6.07, 6.45) is 0. The number of fused-ring (bicyclic) bond motifs is 1. The molecule has 3 aromatic rings. The number of hydrogen-bond donors (Lipinski definition) is 0. The molecule has 0 atom stereocenters. The highest BCUT2D eigenvalue weighted by Gasteiger charge is 2.10. The summed E-state index contributed by atoms with van der Waals surface area (Å²) in [6.45, 7) is 1.81. The van der Waals surface area contributed by atoms with Crippen LogP contribution in [0.3, 0.4) is 0 Å². The number of aryl methyl sites for hydroxylation is 1. The van der Waals surface area contributed by atoms with Gasteiger partial charge in [0.2, 0.25) is 0 Å². The highest BCUT2D eigenvalue weighted by atomic mass is 19.1. The molecule has 1 aromatic heterocycles. The number of aromatic nitrogens is 1. The molecule has 0 aliphatic rings. The van der Waals surface area contributed by atoms with Crippen LogP contribution in [0.5, 0.6) is 0 Å². The molecule has 0 saturated heterocycles. The Kier molecular flexibility index (Phi) is 2.67. The Morgan fingerprint density at radius 3 is 2.47 bits per heavy atom. The van der Waals surface area contributed by atoms with Crippen LogP contribution in [0.4, 0.5) is 4.39 Å². The molecule has 0 amide bonds. The van der Waals surface area contributed by atoms with Gasteiger partial charge in [0, 0.05) is 11.1 Å². The van der Waals surface area contributed by atoms with Crippen molar-refractivity contribution in [1.29, 1.82) is 0 Å². The Balaban J connectivity index is 2.43. The van der Waals surface area contributed by atoms with E-state index >= 15 is 0 Å². The van der Waals surface area contributed by atoms with Gasteiger partial charge in [-0.3, -0.25) is 9.36 Å². The normalized spacial score (nSPS) is 10.8. The second kappa shape index (κ2) is 4.35. The molecule has 19 heavy (non-hydrogen) atoms. The molecule has 0 aliphatic carbocycles. The summed E-state index contributed by atoms with van der Waals surface area (Å²) < 4.78 is 15.3. The maximum Gasteiger partial charge on any atom is 0.263 e. The third-order valence-corrected chi connectivity index (χ3v) is 3.20. The number of hydrogen-bond acceptors (Lipinski definition) is 1. The standard InChI is InChI=1S/C16H12FNO/c1-11-10-12-6-2-3-7-13(12)16(19)18(11)15-9-5-4-8-14(15)17/h2-10H,1H3. The Bertz CT molecular complexity index is 820. The van der Waals surface area contributed by atoms with E-state index in [9.17, 15) is 9.18 Å². The molecule has 1 heterocycles. The van der Waals surface area contributed by atoms with Crippen molar-refractivity contribution < 1.29 is 4.39 Å². The van der Waals surface area contributed by atoms with Crippen molar-refractivity contribution in [2.24, 2.45) is 0 Å². The van der Waals surface area contributed by atoms with Gasteiger partial charge in [-0.05, 0) is 36.6 Å². The lowest BCUT2D eigenvalue weighted by atomic mass is 10.1. The SMILES string of the molecule is Cc1cc2ccccc2c(=O)n1-c1ccccc1F. The smallest absolute Gasteiger partial charge is 0.263 e. The van der Waals surface area contributed by atoms with Crippen molar-refractivity contribution in [2.45, 2.75) is 6.92 Å². The topological polar surface area (TPSA) is 22.0 Å². The first-order valence-corrected chi connectivity index (χ1v) is 6.05. The van der Waals surface area contributed by atoms with E-state index in [1.54, 1.807) is 31.2 Å². The highest BCUT2D eigenvalue weighted by molar-refractivity contribution is 5.82. The average molecular weight is 253 g/mol. The zero-order chi connectivity index (χ0) is 13.4. The van der Waals surface area contributed by atoms with Crippen molar-refractivity contribution in [3.8, 4) is 5.69 Å². The van der Waals surface area contributed by atoms with Crippen molar-refractivity contribution in [1.82, 2.24) is 4.57 Å². The lowest BCUT2D eigenvalue weighted by Gasteiger charge is -2.12. The van der Waals surface area contributed by atoms with E-state index in [0.29, 0.717) is 11.1 Å². The summed E-state index contributed by atoms with van der Waals surface area (Å²) in [5.74, 6) is -0.400. The summed E-state index contributed by atoms with van der Waals surface area (Å²) in [6, 6.07) is 15.5. The number of para-hydroxylation sites is 1. The van der Waals surface area contributed by atoms with E-state index in [2.05, 4.69) is 0 Å². The number of benzene rings is 2. The number of halogens is 1. The molecule has 0 spiro atoms. The molecule has 0 fully saturated rings. The predicted octanol–water partition coefficient (Wildman–Crippen LogP) is 3.44. The molecule has 0 radical (unpaired) electrons. The van der Waals surface area contributed by atoms with Crippen LogP contribution in [0, 0.1) is 12.7 Å². The van der Waals surface area contributed by atoms with Gasteiger partial charge >= 0.3 is 0 Å². The summed E-state index contributed by atoms with van der Waals surface area (Å²) >= 11 is 0. The van der Waals surface area contributed by atoms with Crippen molar-refractivity contribution >= 4 is 10.8 Å². The quantitative estimate of drug-likeness (QED) is 0.651. The second-order valence-corrected chi connectivity index (χ2v) is 4.46. The number of rotatable bonds is 1. The van der Waals surface area contributed by atoms with Gasteiger partial charge in [0.1, 0.15) is 5.82 Å². The first-order valence-electron chi connectivity index (χ1n) is 6.05. The van der Waals surface area contributed by atoms with Gasteiger partial charge in [-0.2, -0.15) is 0 Å². The number of nitrogens with zero attached hydrogens (tertiary/aromatic N) is 1. The molecule has 3 rings (SSSR count). The minimum absolute atomic E-state index is 0.194. The van der Waals surface area contributed by atoms with E-state index in [4.69, 9.17) is 0 Å². The Labute approximate surface area is 109 Å². The van der Waals surface area contributed by atoms with Crippen LogP contribution in [0.25, 0.3) is 16.5 Å². The lowest BCUT2D eigenvalue weighted by Crippen LogP contribution is -2.21. The molecule has 3 heteroatoms. The van der Waals surface area contributed by atoms with Gasteiger partial charge in [0.25, 0.3) is 5.56 Å². The van der Waals surface area contributed by atoms with Crippen LogP contribution in [0.2, 0.25) is 0 Å². The van der Waals surface area contributed by atoms with Crippen molar-refractivity contribution in [2.75, 3.05) is 0 Å². The largest absolute Gasteiger partial charge is 0.278 e. The first-order chi connectivity index (χ1) is 9.18. The van der Waals surface area contributed by atoms with E-state index in [0.717, 1.165) is 5.39 Å². The highest BCUT2D eigenvalue weighted by Crippen LogP contribution is 2.17. The summed E-state index contributed by atoms with van der Waals surface area (Å²) in [5, 5.41) is 1.47. The van der Waals surface area contributed by atoms with Gasteiger partial charge < -0.3 is 0 Å². The van der Waals surface area contributed by atoms with Gasteiger partial charge in [-0.25, -0.2) is 4.39 Å². The maximum atomic E-state index is 13.9. The fraction of sp³-hybridized carbons (Fsp3) is 0.0625. The zero-order valence-corrected chi connectivity index (χ0v) is 10.4. The van der Waals surface area contributed by atoms with Gasteiger partial charge in [0.15, 0.2) is 0 Å². The minimum atomic E-state index is -0.400. The number of pyridine rings is 1. The van der Waals surface area contributed by atoms with E-state index in [-0.39, 0.29) is 11.2 Å². The fourth-order valence-corrected chi connectivity index (χ4v) is 2.32. The van der Waals surface area contributed by atoms with E-state index in [1.807, 2.05) is 24.3 Å². The van der Waals surface area contributed by atoms with Crippen molar-refractivity contribution in [3.63, 3.8) is 0 Å². The lowest BCUT2D eigenvalue weighted by molar-refractivity contribution is 0.615. The molecular formula is C16H12FNO. The monoisotopic (exact) mass is 253 g/mol. The maximum absolute atomic E-state index is 13.9. The van der Waals surface area contributed by atoms with Gasteiger partial charge in [-0.15, -0.1) is 0 Å². The molecule has 0 aliphatic heterocycles. The molecule has 0 saturated carbocycles. The van der Waals surface area contributed by atoms with Gasteiger partial charge in [0.05, 0.1) is 5.69 Å². The van der Waals surface area contributed by atoms with Crippen LogP contribution >= 0.6 is 0 Å². The van der Waals surface area contributed by atoms with Crippen LogP contribution in [-0.4, -0.2) is 4.57 Å². The summed E-state index contributed by atoms with van der Waals surface area (Å²) in [7, 11) is 0. The Morgan fingerprint density at radius 1 is 1.00 bits per heavy atom. The molecule has 2 nitrogen and oxygen atoms in total. The summed E-state index contributed by atoms with van der Waals surface area (Å²) in [4.78, 5) is 12.5. The van der Waals surface area contributed by atoms with Crippen LogP contribution < -0.4 is 5.56 Å². The minimum Gasteiger partial charge on any atom is -0.278 e. The van der Waals surface area contributed by atoms with Crippen LogP contribution in [-0.2, 0) is 0 Å². The molecule has 94 valence electrons.